The van der Waals surface area contributed by atoms with Crippen LogP contribution in [0, 0.1) is 0 Å². The summed E-state index contributed by atoms with van der Waals surface area (Å²) in [6.45, 7) is 0. The summed E-state index contributed by atoms with van der Waals surface area (Å²) in [4.78, 5) is 10.7. The molecule has 3 heteroatoms. The van der Waals surface area contributed by atoms with Crippen molar-refractivity contribution in [2.75, 3.05) is 0 Å². The fourth-order valence-electron chi connectivity index (χ4n) is 1.38. The van der Waals surface area contributed by atoms with Crippen LogP contribution in [0.5, 0.6) is 0 Å². The number of halogens is 1. The first-order valence-electron chi connectivity index (χ1n) is 4.21. The fraction of sp³-hybridized carbons (Fsp3) is 0.300. The van der Waals surface area contributed by atoms with Crippen LogP contribution in [0.3, 0.4) is 0 Å². The number of carbonyl (C=O) groups is 1. The predicted octanol–water partition coefficient (Wildman–Crippen LogP) is 3.02. The van der Waals surface area contributed by atoms with E-state index >= 15 is 0 Å². The molecule has 0 saturated heterocycles. The molecule has 68 valence electrons. The minimum Gasteiger partial charge on any atom is -0.478 e. The van der Waals surface area contributed by atoms with Crippen molar-refractivity contribution in [1.82, 2.24) is 0 Å². The average Bonchev–Trinajstić information content (AvgIpc) is 2.87. The van der Waals surface area contributed by atoms with Gasteiger partial charge in [-0.2, -0.15) is 0 Å². The molecular weight excluding hydrogens is 232 g/mol. The molecular formula is C10H9BrO2. The van der Waals surface area contributed by atoms with Gasteiger partial charge in [-0.25, -0.2) is 4.79 Å². The topological polar surface area (TPSA) is 37.3 Å². The quantitative estimate of drug-likeness (QED) is 0.863. The monoisotopic (exact) mass is 240 g/mol. The van der Waals surface area contributed by atoms with Crippen LogP contribution in [0.4, 0.5) is 0 Å². The summed E-state index contributed by atoms with van der Waals surface area (Å²) < 4.78 is 1.03. The predicted molar refractivity (Wildman–Crippen MR) is 53.1 cm³/mol. The van der Waals surface area contributed by atoms with E-state index in [1.54, 1.807) is 12.1 Å². The maximum Gasteiger partial charge on any atom is 0.335 e. The zero-order valence-electron chi connectivity index (χ0n) is 6.96. The third-order valence-electron chi connectivity index (χ3n) is 2.26. The molecule has 2 nitrogen and oxygen atoms in total. The summed E-state index contributed by atoms with van der Waals surface area (Å²) in [5, 5.41) is 8.79. The molecule has 0 radical (unpaired) electrons. The van der Waals surface area contributed by atoms with E-state index in [0.29, 0.717) is 11.5 Å². The summed E-state index contributed by atoms with van der Waals surface area (Å²) >= 11 is 3.43. The Kier molecular flexibility index (Phi) is 2.12. The van der Waals surface area contributed by atoms with Gasteiger partial charge in [0.2, 0.25) is 0 Å². The minimum absolute atomic E-state index is 0.380. The van der Waals surface area contributed by atoms with Crippen LogP contribution < -0.4 is 0 Å². The number of hydrogen-bond acceptors (Lipinski definition) is 1. The molecule has 0 atom stereocenters. The van der Waals surface area contributed by atoms with Gasteiger partial charge in [-0.05, 0) is 42.5 Å². The van der Waals surface area contributed by atoms with Crippen LogP contribution >= 0.6 is 15.9 Å². The van der Waals surface area contributed by atoms with Gasteiger partial charge < -0.3 is 5.11 Å². The van der Waals surface area contributed by atoms with Crippen LogP contribution in [0.1, 0.15) is 34.7 Å². The Hall–Kier alpha value is -0.830. The minimum atomic E-state index is -0.852. The lowest BCUT2D eigenvalue weighted by Crippen LogP contribution is -1.97. The van der Waals surface area contributed by atoms with Crippen molar-refractivity contribution in [3.8, 4) is 0 Å². The first-order chi connectivity index (χ1) is 6.18. The zero-order chi connectivity index (χ0) is 9.42. The number of benzene rings is 1. The molecule has 1 aliphatic carbocycles. The third kappa shape index (κ3) is 1.75. The van der Waals surface area contributed by atoms with Gasteiger partial charge in [0.25, 0.3) is 0 Å². The molecule has 0 amide bonds. The highest BCUT2D eigenvalue weighted by molar-refractivity contribution is 9.10. The normalized spacial score (nSPS) is 15.8. The second kappa shape index (κ2) is 3.14. The average molecular weight is 241 g/mol. The number of carboxylic acids is 1. The van der Waals surface area contributed by atoms with Gasteiger partial charge in [0, 0.05) is 4.47 Å². The Balaban J connectivity index is 2.41. The van der Waals surface area contributed by atoms with Gasteiger partial charge in [-0.1, -0.05) is 15.9 Å². The van der Waals surface area contributed by atoms with E-state index in [1.807, 2.05) is 6.07 Å². The lowest BCUT2D eigenvalue weighted by atomic mass is 10.1. The summed E-state index contributed by atoms with van der Waals surface area (Å²) in [6.07, 6.45) is 2.36. The smallest absolute Gasteiger partial charge is 0.335 e. The van der Waals surface area contributed by atoms with Crippen LogP contribution in [0.25, 0.3) is 0 Å². The largest absolute Gasteiger partial charge is 0.478 e. The van der Waals surface area contributed by atoms with E-state index in [1.165, 1.54) is 12.8 Å². The molecule has 0 aromatic heterocycles. The summed E-state index contributed by atoms with van der Waals surface area (Å²) in [5.41, 5.74) is 1.52. The van der Waals surface area contributed by atoms with Crippen molar-refractivity contribution in [3.05, 3.63) is 33.8 Å². The van der Waals surface area contributed by atoms with Gasteiger partial charge in [-0.15, -0.1) is 0 Å². The molecule has 1 aliphatic rings. The van der Waals surface area contributed by atoms with E-state index in [2.05, 4.69) is 15.9 Å². The van der Waals surface area contributed by atoms with E-state index < -0.39 is 5.97 Å². The van der Waals surface area contributed by atoms with Gasteiger partial charge in [-0.3, -0.25) is 0 Å². The Bertz CT molecular complexity index is 356. The van der Waals surface area contributed by atoms with Gasteiger partial charge in [0.15, 0.2) is 0 Å². The van der Waals surface area contributed by atoms with E-state index in [0.717, 1.165) is 10.0 Å². The first-order valence-corrected chi connectivity index (χ1v) is 5.00. The van der Waals surface area contributed by atoms with Crippen LogP contribution in [-0.2, 0) is 0 Å². The van der Waals surface area contributed by atoms with Crippen LogP contribution in [0.2, 0.25) is 0 Å². The number of hydrogen-bond donors (Lipinski definition) is 1. The lowest BCUT2D eigenvalue weighted by molar-refractivity contribution is 0.0697. The maximum absolute atomic E-state index is 10.7. The van der Waals surface area contributed by atoms with Gasteiger partial charge in [0.1, 0.15) is 0 Å². The molecule has 13 heavy (non-hydrogen) atoms. The molecule has 1 fully saturated rings. The van der Waals surface area contributed by atoms with Crippen LogP contribution in [-0.4, -0.2) is 11.1 Å². The molecule has 0 spiro atoms. The summed E-state index contributed by atoms with van der Waals surface area (Å²) in [6, 6.07) is 5.21. The summed E-state index contributed by atoms with van der Waals surface area (Å²) in [7, 11) is 0. The van der Waals surface area contributed by atoms with E-state index in [4.69, 9.17) is 5.11 Å². The van der Waals surface area contributed by atoms with Crippen molar-refractivity contribution in [2.24, 2.45) is 0 Å². The first kappa shape index (κ1) is 8.75. The Morgan fingerprint density at radius 3 is 2.69 bits per heavy atom. The molecule has 0 heterocycles. The summed E-state index contributed by atoms with van der Waals surface area (Å²) in [5.74, 6) is -0.275. The molecule has 1 N–H and O–H groups in total. The lowest BCUT2D eigenvalue weighted by Gasteiger charge is -2.03. The van der Waals surface area contributed by atoms with Crippen molar-refractivity contribution < 1.29 is 9.90 Å². The molecule has 0 aliphatic heterocycles. The van der Waals surface area contributed by atoms with Crippen LogP contribution in [0.15, 0.2) is 22.7 Å². The maximum atomic E-state index is 10.7. The molecule has 1 aromatic rings. The highest BCUT2D eigenvalue weighted by Gasteiger charge is 2.26. The van der Waals surface area contributed by atoms with Crippen molar-refractivity contribution in [2.45, 2.75) is 18.8 Å². The molecule has 2 rings (SSSR count). The highest BCUT2D eigenvalue weighted by Crippen LogP contribution is 2.43. The standard InChI is InChI=1S/C10H9BrO2/c11-9-4-3-7(10(12)13)5-8(9)6-1-2-6/h3-6H,1-2H2,(H,12,13). The van der Waals surface area contributed by atoms with Crippen molar-refractivity contribution in [3.63, 3.8) is 0 Å². The van der Waals surface area contributed by atoms with Crippen molar-refractivity contribution in [1.29, 1.82) is 0 Å². The SMILES string of the molecule is O=C(O)c1ccc(Br)c(C2CC2)c1. The van der Waals surface area contributed by atoms with Crippen molar-refractivity contribution >= 4 is 21.9 Å². The number of rotatable bonds is 2. The fourth-order valence-corrected chi connectivity index (χ4v) is 1.95. The van der Waals surface area contributed by atoms with E-state index in [-0.39, 0.29) is 0 Å². The Morgan fingerprint density at radius 2 is 2.15 bits per heavy atom. The van der Waals surface area contributed by atoms with E-state index in [9.17, 15) is 4.79 Å². The molecule has 0 bridgehead atoms. The number of aromatic carboxylic acids is 1. The Morgan fingerprint density at radius 1 is 1.46 bits per heavy atom. The molecule has 1 saturated carbocycles. The van der Waals surface area contributed by atoms with Gasteiger partial charge >= 0.3 is 5.97 Å². The molecule has 1 aromatic carbocycles. The second-order valence-electron chi connectivity index (χ2n) is 3.32. The molecule has 0 unspecified atom stereocenters. The van der Waals surface area contributed by atoms with Gasteiger partial charge in [0.05, 0.1) is 5.56 Å². The highest BCUT2D eigenvalue weighted by atomic mass is 79.9. The third-order valence-corrected chi connectivity index (χ3v) is 2.98. The number of carboxylic acid groups (broad SMARTS) is 1. The zero-order valence-corrected chi connectivity index (χ0v) is 8.54. The second-order valence-corrected chi connectivity index (χ2v) is 4.17. The Labute approximate surface area is 84.7 Å².